The van der Waals surface area contributed by atoms with Gasteiger partial charge in [-0.15, -0.1) is 0 Å². The lowest BCUT2D eigenvalue weighted by Gasteiger charge is -2.23. The van der Waals surface area contributed by atoms with Crippen molar-refractivity contribution in [3.05, 3.63) is 78.5 Å². The number of hydrogen-bond donors (Lipinski definition) is 0. The largest absolute Gasteiger partial charge is 0.497 e. The molecular weight excluding hydrogens is 380 g/mol. The second kappa shape index (κ2) is 9.31. The summed E-state index contributed by atoms with van der Waals surface area (Å²) in [6.45, 7) is 0.584. The molecule has 0 radical (unpaired) electrons. The van der Waals surface area contributed by atoms with E-state index in [4.69, 9.17) is 14.2 Å². The molecule has 0 atom stereocenters. The number of pyridine rings is 1. The first-order chi connectivity index (χ1) is 14.7. The first kappa shape index (κ1) is 19.8. The van der Waals surface area contributed by atoms with E-state index in [0.717, 1.165) is 24.2 Å². The predicted molar refractivity (Wildman–Crippen MR) is 113 cm³/mol. The van der Waals surface area contributed by atoms with E-state index in [2.05, 4.69) is 4.98 Å². The average Bonchev–Trinajstić information content (AvgIpc) is 3.63. The van der Waals surface area contributed by atoms with Crippen LogP contribution in [0.1, 0.15) is 18.4 Å². The molecule has 1 aliphatic rings. The van der Waals surface area contributed by atoms with Crippen LogP contribution >= 0.6 is 0 Å². The smallest absolute Gasteiger partial charge is 0.261 e. The number of carbonyl (C=O) groups is 1. The van der Waals surface area contributed by atoms with Crippen LogP contribution < -0.4 is 14.2 Å². The van der Waals surface area contributed by atoms with E-state index >= 15 is 0 Å². The molecule has 30 heavy (non-hydrogen) atoms. The molecule has 3 aromatic rings. The molecule has 0 unspecified atom stereocenters. The summed E-state index contributed by atoms with van der Waals surface area (Å²) in [6, 6.07) is 20.8. The summed E-state index contributed by atoms with van der Waals surface area (Å²) in [5, 5.41) is 0. The van der Waals surface area contributed by atoms with Crippen LogP contribution in [0.5, 0.6) is 23.1 Å². The van der Waals surface area contributed by atoms with Crippen LogP contribution in [-0.2, 0) is 11.3 Å². The summed E-state index contributed by atoms with van der Waals surface area (Å²) < 4.78 is 16.6. The highest BCUT2D eigenvalue weighted by atomic mass is 16.5. The molecule has 154 valence electrons. The molecule has 2 aromatic carbocycles. The van der Waals surface area contributed by atoms with Crippen molar-refractivity contribution in [1.29, 1.82) is 0 Å². The van der Waals surface area contributed by atoms with Gasteiger partial charge < -0.3 is 19.1 Å². The highest BCUT2D eigenvalue weighted by Gasteiger charge is 2.32. The Kier molecular flexibility index (Phi) is 6.13. The number of carbonyl (C=O) groups excluding carboxylic acids is 1. The lowest BCUT2D eigenvalue weighted by atomic mass is 10.2. The van der Waals surface area contributed by atoms with Crippen molar-refractivity contribution in [3.8, 4) is 23.1 Å². The van der Waals surface area contributed by atoms with E-state index < -0.39 is 0 Å². The molecule has 0 aliphatic heterocycles. The van der Waals surface area contributed by atoms with Gasteiger partial charge in [-0.25, -0.2) is 4.98 Å². The highest BCUT2D eigenvalue weighted by Crippen LogP contribution is 2.29. The van der Waals surface area contributed by atoms with E-state index in [1.54, 1.807) is 43.6 Å². The molecule has 1 saturated carbocycles. The lowest BCUT2D eigenvalue weighted by molar-refractivity contribution is -0.134. The van der Waals surface area contributed by atoms with Crippen molar-refractivity contribution >= 4 is 5.91 Å². The number of aromatic nitrogens is 1. The molecule has 6 nitrogen and oxygen atoms in total. The van der Waals surface area contributed by atoms with Crippen LogP contribution in [-0.4, -0.2) is 35.5 Å². The number of ether oxygens (including phenoxy) is 3. The Bertz CT molecular complexity index is 955. The van der Waals surface area contributed by atoms with E-state index in [1.165, 1.54) is 0 Å². The van der Waals surface area contributed by atoms with Crippen LogP contribution in [0.2, 0.25) is 0 Å². The van der Waals surface area contributed by atoms with E-state index in [-0.39, 0.29) is 12.5 Å². The quantitative estimate of drug-likeness (QED) is 0.527. The Hall–Kier alpha value is -3.54. The minimum Gasteiger partial charge on any atom is -0.497 e. The number of nitrogens with zero attached hydrogens (tertiary/aromatic N) is 2. The molecule has 0 N–H and O–H groups in total. The van der Waals surface area contributed by atoms with Crippen LogP contribution in [0.3, 0.4) is 0 Å². The molecule has 0 spiro atoms. The molecule has 4 rings (SSSR count). The second-order valence-corrected chi connectivity index (χ2v) is 7.13. The number of rotatable bonds is 9. The maximum absolute atomic E-state index is 12.8. The van der Waals surface area contributed by atoms with Crippen molar-refractivity contribution in [2.75, 3.05) is 13.7 Å². The van der Waals surface area contributed by atoms with Gasteiger partial charge in [0.25, 0.3) is 5.91 Å². The number of hydrogen-bond acceptors (Lipinski definition) is 5. The summed E-state index contributed by atoms with van der Waals surface area (Å²) in [7, 11) is 1.64. The molecule has 1 aromatic heterocycles. The van der Waals surface area contributed by atoms with Crippen LogP contribution in [0, 0.1) is 0 Å². The first-order valence-corrected chi connectivity index (χ1v) is 9.95. The fourth-order valence-electron chi connectivity index (χ4n) is 3.09. The van der Waals surface area contributed by atoms with Crippen molar-refractivity contribution < 1.29 is 19.0 Å². The third-order valence-electron chi connectivity index (χ3n) is 4.87. The summed E-state index contributed by atoms with van der Waals surface area (Å²) in [5.74, 6) is 2.60. The average molecular weight is 404 g/mol. The second-order valence-electron chi connectivity index (χ2n) is 7.13. The van der Waals surface area contributed by atoms with Gasteiger partial charge in [-0.1, -0.05) is 18.2 Å². The molecule has 1 amide bonds. The zero-order valence-electron chi connectivity index (χ0n) is 16.9. The molecule has 1 heterocycles. The maximum Gasteiger partial charge on any atom is 0.261 e. The number of amides is 1. The summed E-state index contributed by atoms with van der Waals surface area (Å²) in [6.07, 6.45) is 3.76. The lowest BCUT2D eigenvalue weighted by Crippen LogP contribution is -2.36. The standard InChI is InChI=1S/C24H24N2O4/c1-28-20-9-5-18(6-10-20)16-26(19-7-8-19)24(27)17-29-21-11-13-22(14-12-21)30-23-4-2-3-15-25-23/h2-6,9-15,19H,7-8,16-17H2,1H3. The van der Waals surface area contributed by atoms with Gasteiger partial charge in [0.05, 0.1) is 7.11 Å². The van der Waals surface area contributed by atoms with E-state index in [0.29, 0.717) is 30.0 Å². The minimum atomic E-state index is -0.0119. The molecule has 0 bridgehead atoms. The van der Waals surface area contributed by atoms with Crippen LogP contribution in [0.25, 0.3) is 0 Å². The van der Waals surface area contributed by atoms with Gasteiger partial charge in [-0.05, 0) is 60.9 Å². The molecular formula is C24H24N2O4. The van der Waals surface area contributed by atoms with Gasteiger partial charge in [0, 0.05) is 24.8 Å². The monoisotopic (exact) mass is 404 g/mol. The normalized spacial score (nSPS) is 12.8. The maximum atomic E-state index is 12.8. The van der Waals surface area contributed by atoms with E-state index in [9.17, 15) is 4.79 Å². The third kappa shape index (κ3) is 5.29. The van der Waals surface area contributed by atoms with Gasteiger partial charge in [0.2, 0.25) is 5.88 Å². The Balaban J connectivity index is 1.32. The third-order valence-corrected chi connectivity index (χ3v) is 4.87. The zero-order chi connectivity index (χ0) is 20.8. The Morgan fingerprint density at radius 3 is 2.30 bits per heavy atom. The molecule has 6 heteroatoms. The fraction of sp³-hybridized carbons (Fsp3) is 0.250. The molecule has 1 aliphatic carbocycles. The first-order valence-electron chi connectivity index (χ1n) is 9.95. The van der Waals surface area contributed by atoms with Gasteiger partial charge in [-0.3, -0.25) is 4.79 Å². The molecule has 1 fully saturated rings. The van der Waals surface area contributed by atoms with Crippen molar-refractivity contribution in [1.82, 2.24) is 9.88 Å². The zero-order valence-corrected chi connectivity index (χ0v) is 16.9. The van der Waals surface area contributed by atoms with Crippen molar-refractivity contribution in [2.24, 2.45) is 0 Å². The van der Waals surface area contributed by atoms with Gasteiger partial charge in [0.15, 0.2) is 6.61 Å². The minimum absolute atomic E-state index is 0.00704. The fourth-order valence-corrected chi connectivity index (χ4v) is 3.09. The molecule has 0 saturated heterocycles. The number of methoxy groups -OCH3 is 1. The SMILES string of the molecule is COc1ccc(CN(C(=O)COc2ccc(Oc3ccccn3)cc2)C2CC2)cc1. The van der Waals surface area contributed by atoms with Gasteiger partial charge in [-0.2, -0.15) is 0 Å². The number of benzene rings is 2. The summed E-state index contributed by atoms with van der Waals surface area (Å²) >= 11 is 0. The Morgan fingerprint density at radius 2 is 1.67 bits per heavy atom. The Morgan fingerprint density at radius 1 is 0.967 bits per heavy atom. The highest BCUT2D eigenvalue weighted by molar-refractivity contribution is 5.78. The Labute approximate surface area is 176 Å². The van der Waals surface area contributed by atoms with Crippen LogP contribution in [0.4, 0.5) is 0 Å². The van der Waals surface area contributed by atoms with Crippen molar-refractivity contribution in [3.63, 3.8) is 0 Å². The van der Waals surface area contributed by atoms with E-state index in [1.807, 2.05) is 41.3 Å². The van der Waals surface area contributed by atoms with Crippen molar-refractivity contribution in [2.45, 2.75) is 25.4 Å². The van der Waals surface area contributed by atoms with Gasteiger partial charge >= 0.3 is 0 Å². The summed E-state index contributed by atoms with van der Waals surface area (Å²) in [4.78, 5) is 18.8. The predicted octanol–water partition coefficient (Wildman–Crippen LogP) is 4.45. The van der Waals surface area contributed by atoms with Gasteiger partial charge in [0.1, 0.15) is 17.2 Å². The van der Waals surface area contributed by atoms with Crippen LogP contribution in [0.15, 0.2) is 72.9 Å². The topological polar surface area (TPSA) is 60.9 Å². The summed E-state index contributed by atoms with van der Waals surface area (Å²) in [5.41, 5.74) is 1.08.